The number of rotatable bonds is 5. The zero-order valence-corrected chi connectivity index (χ0v) is 9.50. The van der Waals surface area contributed by atoms with Crippen LogP contribution in [0, 0.1) is 0 Å². The number of aliphatic carboxylic acids is 1. The number of pyridine rings is 1. The number of carboxylic acids is 1. The van der Waals surface area contributed by atoms with Crippen molar-refractivity contribution in [2.24, 2.45) is 5.10 Å². The van der Waals surface area contributed by atoms with Crippen molar-refractivity contribution in [3.63, 3.8) is 0 Å². The molecule has 0 aliphatic carbocycles. The Labute approximate surface area is 94.6 Å². The van der Waals surface area contributed by atoms with Crippen molar-refractivity contribution in [1.82, 2.24) is 5.01 Å². The summed E-state index contributed by atoms with van der Waals surface area (Å²) in [6.07, 6.45) is 5.58. The number of nitrogens with zero attached hydrogens (tertiary/aromatic N) is 3. The largest absolute Gasteiger partial charge is 0.481 e. The summed E-state index contributed by atoms with van der Waals surface area (Å²) in [7, 11) is 3.71. The third-order valence-corrected chi connectivity index (χ3v) is 1.94. The van der Waals surface area contributed by atoms with Crippen LogP contribution in [0.3, 0.4) is 0 Å². The topological polar surface area (TPSA) is 56.8 Å². The Morgan fingerprint density at radius 1 is 1.50 bits per heavy atom. The summed E-state index contributed by atoms with van der Waals surface area (Å²) >= 11 is 0. The van der Waals surface area contributed by atoms with Crippen LogP contribution in [0.2, 0.25) is 0 Å². The molecule has 1 N–H and O–H groups in total. The van der Waals surface area contributed by atoms with Gasteiger partial charge in [-0.25, -0.2) is 4.57 Å². The highest BCUT2D eigenvalue weighted by Crippen LogP contribution is 1.92. The Morgan fingerprint density at radius 2 is 2.12 bits per heavy atom. The van der Waals surface area contributed by atoms with Gasteiger partial charge in [0, 0.05) is 31.8 Å². The lowest BCUT2D eigenvalue weighted by Crippen LogP contribution is -2.33. The number of aryl methyl sites for hydroxylation is 1. The lowest BCUT2D eigenvalue weighted by molar-refractivity contribution is -0.696. The molecule has 0 radical (unpaired) electrons. The summed E-state index contributed by atoms with van der Waals surface area (Å²) in [6.45, 7) is 0.487. The molecular formula is C11H16N3O2+. The number of aromatic nitrogens is 1. The second-order valence-corrected chi connectivity index (χ2v) is 3.60. The molecule has 0 atom stereocenters. The fraction of sp³-hybridized carbons (Fsp3) is 0.364. The van der Waals surface area contributed by atoms with Gasteiger partial charge in [0.25, 0.3) is 0 Å². The number of hydrogen-bond acceptors (Lipinski definition) is 3. The Bertz CT molecular complexity index is 371. The molecule has 1 heterocycles. The first-order valence-electron chi connectivity index (χ1n) is 5.00. The Kier molecular flexibility index (Phi) is 4.44. The van der Waals surface area contributed by atoms with E-state index >= 15 is 0 Å². The third kappa shape index (κ3) is 4.54. The Balaban J connectivity index is 2.57. The van der Waals surface area contributed by atoms with Crippen LogP contribution in [-0.2, 0) is 11.3 Å². The van der Waals surface area contributed by atoms with Gasteiger partial charge >= 0.3 is 5.97 Å². The molecule has 16 heavy (non-hydrogen) atoms. The van der Waals surface area contributed by atoms with E-state index in [-0.39, 0.29) is 6.42 Å². The third-order valence-electron chi connectivity index (χ3n) is 1.94. The van der Waals surface area contributed by atoms with E-state index in [1.165, 1.54) is 0 Å². The van der Waals surface area contributed by atoms with Gasteiger partial charge in [0.1, 0.15) is 6.42 Å². The highest BCUT2D eigenvalue weighted by molar-refractivity contribution is 5.78. The number of carboxylic acid groups (broad SMARTS) is 1. The lowest BCUT2D eigenvalue weighted by atomic mass is 10.3. The molecule has 5 heteroatoms. The monoisotopic (exact) mass is 222 g/mol. The van der Waals surface area contributed by atoms with E-state index in [2.05, 4.69) is 5.10 Å². The summed E-state index contributed by atoms with van der Waals surface area (Å²) in [6, 6.07) is 3.80. The molecule has 1 aromatic heterocycles. The smallest absolute Gasteiger partial charge is 0.309 e. The molecule has 0 saturated heterocycles. The molecule has 0 aliphatic rings. The molecule has 0 bridgehead atoms. The fourth-order valence-electron chi connectivity index (χ4n) is 1.11. The van der Waals surface area contributed by atoms with E-state index in [9.17, 15) is 4.79 Å². The van der Waals surface area contributed by atoms with E-state index in [1.54, 1.807) is 11.2 Å². The van der Waals surface area contributed by atoms with Gasteiger partial charge in [-0.2, -0.15) is 5.10 Å². The minimum Gasteiger partial charge on any atom is -0.481 e. The minimum absolute atomic E-state index is 0.135. The van der Waals surface area contributed by atoms with E-state index in [0.29, 0.717) is 6.54 Å². The highest BCUT2D eigenvalue weighted by atomic mass is 16.4. The van der Waals surface area contributed by atoms with E-state index in [0.717, 1.165) is 5.56 Å². The molecule has 0 fully saturated rings. The maximum absolute atomic E-state index is 10.4. The van der Waals surface area contributed by atoms with Crippen molar-refractivity contribution in [3.05, 3.63) is 30.1 Å². The molecular weight excluding hydrogens is 206 g/mol. The van der Waals surface area contributed by atoms with Crippen LogP contribution in [0.15, 0.2) is 29.6 Å². The van der Waals surface area contributed by atoms with E-state index in [4.69, 9.17) is 5.11 Å². The van der Waals surface area contributed by atoms with Crippen molar-refractivity contribution < 1.29 is 14.5 Å². The summed E-state index contributed by atoms with van der Waals surface area (Å²) in [5.74, 6) is -0.786. The fourth-order valence-corrected chi connectivity index (χ4v) is 1.11. The molecule has 0 spiro atoms. The van der Waals surface area contributed by atoms with Crippen LogP contribution in [0.25, 0.3) is 0 Å². The highest BCUT2D eigenvalue weighted by Gasteiger charge is 2.03. The first-order valence-corrected chi connectivity index (χ1v) is 5.00. The molecule has 86 valence electrons. The molecule has 5 nitrogen and oxygen atoms in total. The van der Waals surface area contributed by atoms with Gasteiger partial charge in [-0.15, -0.1) is 0 Å². The quantitative estimate of drug-likeness (QED) is 0.444. The second kappa shape index (κ2) is 5.85. The Morgan fingerprint density at radius 3 is 2.62 bits per heavy atom. The molecule has 0 aliphatic heterocycles. The standard InChI is InChI=1S/C11H15N3O2/c1-13(2)12-9-10-3-6-14(7-4-10)8-5-11(15)16/h3-4,6-7,9H,5,8H2,1-2H3/p+1. The van der Waals surface area contributed by atoms with Gasteiger partial charge in [0.15, 0.2) is 18.9 Å². The van der Waals surface area contributed by atoms with Crippen LogP contribution < -0.4 is 4.57 Å². The zero-order valence-electron chi connectivity index (χ0n) is 9.50. The maximum atomic E-state index is 10.4. The summed E-state index contributed by atoms with van der Waals surface area (Å²) in [5, 5.41) is 14.4. The van der Waals surface area contributed by atoms with Gasteiger partial charge in [-0.3, -0.25) is 4.79 Å². The summed E-state index contributed by atoms with van der Waals surface area (Å²) in [5.41, 5.74) is 0.986. The van der Waals surface area contributed by atoms with E-state index in [1.807, 2.05) is 43.2 Å². The average molecular weight is 222 g/mol. The molecule has 0 saturated carbocycles. The lowest BCUT2D eigenvalue weighted by Gasteiger charge is -2.01. The van der Waals surface area contributed by atoms with Crippen LogP contribution >= 0.6 is 0 Å². The van der Waals surface area contributed by atoms with Crippen molar-refractivity contribution >= 4 is 12.2 Å². The van der Waals surface area contributed by atoms with Gasteiger partial charge in [-0.05, 0) is 0 Å². The van der Waals surface area contributed by atoms with Gasteiger partial charge in [-0.1, -0.05) is 0 Å². The molecule has 0 amide bonds. The molecule has 0 unspecified atom stereocenters. The van der Waals surface area contributed by atoms with Crippen molar-refractivity contribution in [3.8, 4) is 0 Å². The van der Waals surface area contributed by atoms with Crippen LogP contribution in [0.1, 0.15) is 12.0 Å². The van der Waals surface area contributed by atoms with Gasteiger partial charge in [0.05, 0.1) is 6.21 Å². The SMILES string of the molecule is CN(C)N=Cc1cc[n+](CCC(=O)O)cc1. The number of hydrazone groups is 1. The predicted molar refractivity (Wildman–Crippen MR) is 60.2 cm³/mol. The molecule has 1 aromatic rings. The minimum atomic E-state index is -0.786. The van der Waals surface area contributed by atoms with Gasteiger partial charge < -0.3 is 10.1 Å². The first kappa shape index (κ1) is 12.2. The number of carbonyl (C=O) groups is 1. The maximum Gasteiger partial charge on any atom is 0.309 e. The summed E-state index contributed by atoms with van der Waals surface area (Å²) < 4.78 is 1.83. The second-order valence-electron chi connectivity index (χ2n) is 3.60. The average Bonchev–Trinajstić information content (AvgIpc) is 2.25. The van der Waals surface area contributed by atoms with E-state index < -0.39 is 5.97 Å². The summed E-state index contributed by atoms with van der Waals surface area (Å²) in [4.78, 5) is 10.4. The van der Waals surface area contributed by atoms with Crippen molar-refractivity contribution in [2.45, 2.75) is 13.0 Å². The number of hydrogen-bond donors (Lipinski definition) is 1. The normalized spacial score (nSPS) is 10.6. The predicted octanol–water partition coefficient (Wildman–Crippen LogP) is 0.344. The van der Waals surface area contributed by atoms with Crippen LogP contribution in [0.5, 0.6) is 0 Å². The van der Waals surface area contributed by atoms with Gasteiger partial charge in [0.2, 0.25) is 0 Å². The van der Waals surface area contributed by atoms with Crippen molar-refractivity contribution in [1.29, 1.82) is 0 Å². The molecule has 1 rings (SSSR count). The van der Waals surface area contributed by atoms with Crippen molar-refractivity contribution in [2.75, 3.05) is 14.1 Å². The molecule has 0 aromatic carbocycles. The first-order chi connectivity index (χ1) is 7.58. The Hall–Kier alpha value is -1.91. The van der Waals surface area contributed by atoms with Crippen LogP contribution in [0.4, 0.5) is 0 Å². The zero-order chi connectivity index (χ0) is 12.0. The van der Waals surface area contributed by atoms with Crippen LogP contribution in [-0.4, -0.2) is 36.4 Å².